The van der Waals surface area contributed by atoms with Gasteiger partial charge in [-0.15, -0.1) is 0 Å². The van der Waals surface area contributed by atoms with Gasteiger partial charge < -0.3 is 15.5 Å². The molecule has 0 saturated carbocycles. The van der Waals surface area contributed by atoms with Gasteiger partial charge in [-0.05, 0) is 24.3 Å². The van der Waals surface area contributed by atoms with Crippen LogP contribution in [0.2, 0.25) is 0 Å². The van der Waals surface area contributed by atoms with Crippen LogP contribution in [0.4, 0.5) is 5.69 Å². The lowest BCUT2D eigenvalue weighted by Crippen LogP contribution is -2.26. The third kappa shape index (κ3) is 3.04. The summed E-state index contributed by atoms with van der Waals surface area (Å²) in [5.41, 5.74) is 3.61. The summed E-state index contributed by atoms with van der Waals surface area (Å²) in [6.07, 6.45) is 3.66. The molecule has 0 spiro atoms. The Hall–Kier alpha value is -2.43. The number of amides is 1. The summed E-state index contributed by atoms with van der Waals surface area (Å²) in [5, 5.41) is 2.78. The van der Waals surface area contributed by atoms with Gasteiger partial charge in [-0.25, -0.2) is 0 Å². The molecule has 2 rings (SSSR count). The van der Waals surface area contributed by atoms with Crippen LogP contribution in [0.5, 0.6) is 5.75 Å². The average Bonchev–Trinajstić information content (AvgIpc) is 2.90. The molecule has 2 aromatic rings. The zero-order valence-electron chi connectivity index (χ0n) is 10.1. The zero-order chi connectivity index (χ0) is 12.8. The molecule has 0 bridgehead atoms. The highest BCUT2D eigenvalue weighted by Crippen LogP contribution is 2.22. The topological polar surface area (TPSA) is 55.3 Å². The van der Waals surface area contributed by atoms with Crippen LogP contribution in [-0.2, 0) is 4.79 Å². The number of anilines is 1. The maximum atomic E-state index is 11.7. The highest BCUT2D eigenvalue weighted by Gasteiger charge is 2.06. The molecule has 1 aromatic carbocycles. The molecule has 18 heavy (non-hydrogen) atoms. The lowest BCUT2D eigenvalue weighted by molar-refractivity contribution is -0.114. The van der Waals surface area contributed by atoms with E-state index in [1.165, 1.54) is 0 Å². The van der Waals surface area contributed by atoms with Gasteiger partial charge in [-0.3, -0.25) is 9.47 Å². The van der Waals surface area contributed by atoms with Crippen molar-refractivity contribution in [3.8, 4) is 5.75 Å². The molecule has 1 aromatic heterocycles. The molecule has 94 valence electrons. The number of aromatic nitrogens is 1. The minimum Gasteiger partial charge on any atom is -0.495 e. The lowest BCUT2D eigenvalue weighted by Gasteiger charge is -2.11. The van der Waals surface area contributed by atoms with E-state index in [0.29, 0.717) is 11.4 Å². The number of nitrogens with one attached hydrogen (secondary N) is 2. The maximum absolute atomic E-state index is 11.7. The Kier molecular flexibility index (Phi) is 3.86. The van der Waals surface area contributed by atoms with Crippen LogP contribution in [0.3, 0.4) is 0 Å². The quantitative estimate of drug-likeness (QED) is 0.842. The van der Waals surface area contributed by atoms with Crippen LogP contribution < -0.4 is 15.5 Å². The number of methoxy groups -OCH3 is 1. The molecule has 0 atom stereocenters. The van der Waals surface area contributed by atoms with E-state index < -0.39 is 0 Å². The summed E-state index contributed by atoms with van der Waals surface area (Å²) in [6.45, 7) is 0.187. The van der Waals surface area contributed by atoms with E-state index in [1.54, 1.807) is 23.9 Å². The Morgan fingerprint density at radius 1 is 1.22 bits per heavy atom. The summed E-state index contributed by atoms with van der Waals surface area (Å²) in [6, 6.07) is 11.1. The minimum atomic E-state index is -0.131. The first-order chi connectivity index (χ1) is 8.79. The fourth-order valence-corrected chi connectivity index (χ4v) is 1.55. The first-order valence-corrected chi connectivity index (χ1v) is 5.59. The Bertz CT molecular complexity index is 509. The van der Waals surface area contributed by atoms with Crippen LogP contribution in [0.1, 0.15) is 0 Å². The van der Waals surface area contributed by atoms with E-state index in [0.717, 1.165) is 0 Å². The monoisotopic (exact) mass is 245 g/mol. The molecule has 0 saturated heterocycles. The van der Waals surface area contributed by atoms with Crippen molar-refractivity contribution in [2.75, 3.05) is 24.4 Å². The Morgan fingerprint density at radius 3 is 2.67 bits per heavy atom. The number of benzene rings is 1. The van der Waals surface area contributed by atoms with Gasteiger partial charge in [0.25, 0.3) is 0 Å². The Morgan fingerprint density at radius 2 is 1.94 bits per heavy atom. The Balaban J connectivity index is 1.90. The smallest absolute Gasteiger partial charge is 0.245 e. The summed E-state index contributed by atoms with van der Waals surface area (Å²) < 4.78 is 6.88. The second-order valence-corrected chi connectivity index (χ2v) is 3.67. The Labute approximate surface area is 105 Å². The van der Waals surface area contributed by atoms with Crippen molar-refractivity contribution >= 4 is 11.6 Å². The standard InChI is InChI=1S/C13H15N3O2/c1-18-12-7-3-2-6-11(12)15-13(17)10-14-16-8-4-5-9-16/h2-9,14H,10H2,1H3,(H,15,17). The van der Waals surface area contributed by atoms with E-state index in [9.17, 15) is 4.79 Å². The molecule has 1 amide bonds. The lowest BCUT2D eigenvalue weighted by atomic mass is 10.3. The molecule has 2 N–H and O–H groups in total. The molecule has 0 fully saturated rings. The second kappa shape index (κ2) is 5.77. The van der Waals surface area contributed by atoms with Crippen molar-refractivity contribution in [1.29, 1.82) is 0 Å². The van der Waals surface area contributed by atoms with Crippen molar-refractivity contribution in [2.45, 2.75) is 0 Å². The summed E-state index contributed by atoms with van der Waals surface area (Å²) in [7, 11) is 1.57. The van der Waals surface area contributed by atoms with Gasteiger partial charge in [-0.1, -0.05) is 12.1 Å². The fraction of sp³-hybridized carbons (Fsp3) is 0.154. The van der Waals surface area contributed by atoms with Crippen molar-refractivity contribution < 1.29 is 9.53 Å². The number of ether oxygens (including phenoxy) is 1. The predicted octanol–water partition coefficient (Wildman–Crippen LogP) is 1.68. The fourth-order valence-electron chi connectivity index (χ4n) is 1.55. The summed E-state index contributed by atoms with van der Waals surface area (Å²) in [5.74, 6) is 0.514. The molecule has 0 unspecified atom stereocenters. The van der Waals surface area contributed by atoms with E-state index in [1.807, 2.05) is 36.7 Å². The number of hydrogen-bond donors (Lipinski definition) is 2. The van der Waals surface area contributed by atoms with Crippen molar-refractivity contribution in [2.24, 2.45) is 0 Å². The first kappa shape index (κ1) is 12.0. The zero-order valence-corrected chi connectivity index (χ0v) is 10.1. The van der Waals surface area contributed by atoms with E-state index in [4.69, 9.17) is 4.74 Å². The van der Waals surface area contributed by atoms with E-state index >= 15 is 0 Å². The molecule has 0 aliphatic rings. The number of nitrogens with zero attached hydrogens (tertiary/aromatic N) is 1. The normalized spacial score (nSPS) is 9.83. The second-order valence-electron chi connectivity index (χ2n) is 3.67. The van der Waals surface area contributed by atoms with Gasteiger partial charge in [-0.2, -0.15) is 0 Å². The number of para-hydroxylation sites is 2. The van der Waals surface area contributed by atoms with Gasteiger partial charge >= 0.3 is 0 Å². The van der Waals surface area contributed by atoms with Crippen molar-refractivity contribution in [3.63, 3.8) is 0 Å². The van der Waals surface area contributed by atoms with Gasteiger partial charge in [0, 0.05) is 12.4 Å². The molecule has 1 heterocycles. The number of carbonyl (C=O) groups is 1. The van der Waals surface area contributed by atoms with Crippen LogP contribution in [0.25, 0.3) is 0 Å². The number of carbonyl (C=O) groups excluding carboxylic acids is 1. The minimum absolute atomic E-state index is 0.131. The van der Waals surface area contributed by atoms with Crippen LogP contribution in [-0.4, -0.2) is 24.2 Å². The van der Waals surface area contributed by atoms with Crippen molar-refractivity contribution in [1.82, 2.24) is 4.68 Å². The first-order valence-electron chi connectivity index (χ1n) is 5.59. The van der Waals surface area contributed by atoms with Gasteiger partial charge in [0.15, 0.2) is 0 Å². The SMILES string of the molecule is COc1ccccc1NC(=O)CNn1cccc1. The number of hydrogen-bond acceptors (Lipinski definition) is 3. The van der Waals surface area contributed by atoms with Crippen molar-refractivity contribution in [3.05, 3.63) is 48.8 Å². The third-order valence-corrected chi connectivity index (χ3v) is 2.41. The average molecular weight is 245 g/mol. The van der Waals surface area contributed by atoms with Crippen LogP contribution in [0.15, 0.2) is 48.8 Å². The molecule has 0 aliphatic carbocycles. The predicted molar refractivity (Wildman–Crippen MR) is 70.3 cm³/mol. The van der Waals surface area contributed by atoms with E-state index in [-0.39, 0.29) is 12.5 Å². The molecular weight excluding hydrogens is 230 g/mol. The summed E-state index contributed by atoms with van der Waals surface area (Å²) >= 11 is 0. The number of rotatable bonds is 5. The van der Waals surface area contributed by atoms with E-state index in [2.05, 4.69) is 10.7 Å². The molecule has 5 nitrogen and oxygen atoms in total. The van der Waals surface area contributed by atoms with Gasteiger partial charge in [0.1, 0.15) is 12.3 Å². The highest BCUT2D eigenvalue weighted by molar-refractivity contribution is 5.94. The van der Waals surface area contributed by atoms with Gasteiger partial charge in [0.05, 0.1) is 12.8 Å². The molecule has 0 radical (unpaired) electrons. The van der Waals surface area contributed by atoms with Gasteiger partial charge in [0.2, 0.25) is 5.91 Å². The molecule has 0 aliphatic heterocycles. The molecule has 5 heteroatoms. The van der Waals surface area contributed by atoms with Crippen LogP contribution in [0, 0.1) is 0 Å². The summed E-state index contributed by atoms with van der Waals surface area (Å²) in [4.78, 5) is 11.7. The largest absolute Gasteiger partial charge is 0.495 e. The maximum Gasteiger partial charge on any atom is 0.245 e. The third-order valence-electron chi connectivity index (χ3n) is 2.41. The highest BCUT2D eigenvalue weighted by atomic mass is 16.5. The van der Waals surface area contributed by atoms with Crippen LogP contribution >= 0.6 is 0 Å². The molecular formula is C13H15N3O2.